The lowest BCUT2D eigenvalue weighted by molar-refractivity contribution is 0.0629. The Labute approximate surface area is 157 Å². The third-order valence-electron chi connectivity index (χ3n) is 4.79. The molecule has 0 aromatic carbocycles. The zero-order valence-corrected chi connectivity index (χ0v) is 15.9. The lowest BCUT2D eigenvalue weighted by atomic mass is 10.2. The summed E-state index contributed by atoms with van der Waals surface area (Å²) in [4.78, 5) is 23.1. The predicted molar refractivity (Wildman–Crippen MR) is 103 cm³/mol. The fourth-order valence-electron chi connectivity index (χ4n) is 3.35. The van der Waals surface area contributed by atoms with E-state index in [2.05, 4.69) is 46.3 Å². The van der Waals surface area contributed by atoms with Crippen molar-refractivity contribution in [2.24, 2.45) is 0 Å². The van der Waals surface area contributed by atoms with Crippen LogP contribution in [0, 0.1) is 0 Å². The zero-order chi connectivity index (χ0) is 18.1. The van der Waals surface area contributed by atoms with Gasteiger partial charge in [0, 0.05) is 55.2 Å². The van der Waals surface area contributed by atoms with Gasteiger partial charge in [0.15, 0.2) is 5.65 Å². The van der Waals surface area contributed by atoms with Crippen molar-refractivity contribution in [2.45, 2.75) is 26.4 Å². The monoisotopic (exact) mass is 369 g/mol. The Morgan fingerprint density at radius 3 is 2.73 bits per heavy atom. The van der Waals surface area contributed by atoms with E-state index in [4.69, 9.17) is 0 Å². The van der Waals surface area contributed by atoms with E-state index < -0.39 is 0 Å². The molecule has 0 aliphatic carbocycles. The standard InChI is InChI=1S/C19H23N5OS/c1-14(2)24-18-15(12-21-24)10-16(11-20-18)19(25)23-7-5-22(6-8-23)13-17-4-3-9-26-17/h3-4,9-12,14H,5-8,13H2,1-2H3. The Bertz CT molecular complexity index is 894. The van der Waals surface area contributed by atoms with Crippen LogP contribution in [0.4, 0.5) is 0 Å². The van der Waals surface area contributed by atoms with Gasteiger partial charge in [0.25, 0.3) is 5.91 Å². The number of hydrogen-bond acceptors (Lipinski definition) is 5. The van der Waals surface area contributed by atoms with Gasteiger partial charge in [-0.05, 0) is 31.4 Å². The summed E-state index contributed by atoms with van der Waals surface area (Å²) in [7, 11) is 0. The second-order valence-corrected chi connectivity index (χ2v) is 8.00. The summed E-state index contributed by atoms with van der Waals surface area (Å²) in [6.45, 7) is 8.45. The summed E-state index contributed by atoms with van der Waals surface area (Å²) in [6.07, 6.45) is 3.47. The van der Waals surface area contributed by atoms with Crippen LogP contribution in [0.15, 0.2) is 36.0 Å². The fourth-order valence-corrected chi connectivity index (χ4v) is 4.10. The highest BCUT2D eigenvalue weighted by molar-refractivity contribution is 7.09. The largest absolute Gasteiger partial charge is 0.336 e. The first kappa shape index (κ1) is 17.2. The second-order valence-electron chi connectivity index (χ2n) is 6.97. The van der Waals surface area contributed by atoms with Crippen molar-refractivity contribution in [1.29, 1.82) is 0 Å². The molecule has 0 bridgehead atoms. The molecular weight excluding hydrogens is 346 g/mol. The van der Waals surface area contributed by atoms with Crippen molar-refractivity contribution in [3.8, 4) is 0 Å². The van der Waals surface area contributed by atoms with Crippen LogP contribution in [0.2, 0.25) is 0 Å². The maximum atomic E-state index is 12.9. The van der Waals surface area contributed by atoms with E-state index in [0.717, 1.165) is 43.8 Å². The number of pyridine rings is 1. The Hall–Kier alpha value is -2.25. The van der Waals surface area contributed by atoms with Crippen LogP contribution < -0.4 is 0 Å². The van der Waals surface area contributed by atoms with Crippen molar-refractivity contribution < 1.29 is 4.79 Å². The van der Waals surface area contributed by atoms with Gasteiger partial charge in [0.05, 0.1) is 11.8 Å². The molecule has 0 saturated carbocycles. The molecule has 1 amide bonds. The molecule has 3 aromatic heterocycles. The van der Waals surface area contributed by atoms with Gasteiger partial charge in [-0.1, -0.05) is 6.07 Å². The van der Waals surface area contributed by atoms with Crippen molar-refractivity contribution in [3.63, 3.8) is 0 Å². The van der Waals surface area contributed by atoms with Crippen LogP contribution in [-0.4, -0.2) is 56.7 Å². The fraction of sp³-hybridized carbons (Fsp3) is 0.421. The Kier molecular flexibility index (Phi) is 4.74. The predicted octanol–water partition coefficient (Wildman–Crippen LogP) is 3.03. The smallest absolute Gasteiger partial charge is 0.255 e. The van der Waals surface area contributed by atoms with E-state index in [1.807, 2.05) is 15.6 Å². The quantitative estimate of drug-likeness (QED) is 0.709. The maximum Gasteiger partial charge on any atom is 0.255 e. The summed E-state index contributed by atoms with van der Waals surface area (Å²) in [5.41, 5.74) is 1.48. The summed E-state index contributed by atoms with van der Waals surface area (Å²) < 4.78 is 1.88. The van der Waals surface area contributed by atoms with Crippen molar-refractivity contribution in [2.75, 3.05) is 26.2 Å². The lowest BCUT2D eigenvalue weighted by Crippen LogP contribution is -2.48. The molecule has 3 aromatic rings. The van der Waals surface area contributed by atoms with E-state index >= 15 is 0 Å². The minimum absolute atomic E-state index is 0.0625. The molecule has 7 heteroatoms. The van der Waals surface area contributed by atoms with Crippen molar-refractivity contribution >= 4 is 28.3 Å². The van der Waals surface area contributed by atoms with Gasteiger partial charge >= 0.3 is 0 Å². The summed E-state index contributed by atoms with van der Waals surface area (Å²) in [6, 6.07) is 6.41. The molecule has 0 atom stereocenters. The number of carbonyl (C=O) groups excluding carboxylic acids is 1. The van der Waals surface area contributed by atoms with Gasteiger partial charge in [-0.25, -0.2) is 9.67 Å². The molecule has 0 spiro atoms. The molecular formula is C19H23N5OS. The highest BCUT2D eigenvalue weighted by Gasteiger charge is 2.23. The van der Waals surface area contributed by atoms with Gasteiger partial charge in [0.1, 0.15) is 0 Å². The number of rotatable bonds is 4. The number of piperazine rings is 1. The number of hydrogen-bond donors (Lipinski definition) is 0. The number of nitrogens with zero attached hydrogens (tertiary/aromatic N) is 5. The Morgan fingerprint density at radius 1 is 1.23 bits per heavy atom. The van der Waals surface area contributed by atoms with Gasteiger partial charge < -0.3 is 4.90 Å². The number of fused-ring (bicyclic) bond motifs is 1. The van der Waals surface area contributed by atoms with Crippen LogP contribution in [-0.2, 0) is 6.54 Å². The average Bonchev–Trinajstić information content (AvgIpc) is 3.30. The minimum atomic E-state index is 0.0625. The number of aromatic nitrogens is 3. The zero-order valence-electron chi connectivity index (χ0n) is 15.1. The lowest BCUT2D eigenvalue weighted by Gasteiger charge is -2.34. The van der Waals surface area contributed by atoms with Gasteiger partial charge in [-0.15, -0.1) is 11.3 Å². The van der Waals surface area contributed by atoms with Crippen LogP contribution >= 0.6 is 11.3 Å². The van der Waals surface area contributed by atoms with Crippen molar-refractivity contribution in [1.82, 2.24) is 24.6 Å². The average molecular weight is 369 g/mol. The first-order valence-electron chi connectivity index (χ1n) is 8.99. The first-order valence-corrected chi connectivity index (χ1v) is 9.87. The number of amides is 1. The molecule has 6 nitrogen and oxygen atoms in total. The normalized spacial score (nSPS) is 15.9. The number of thiophene rings is 1. The third-order valence-corrected chi connectivity index (χ3v) is 5.65. The molecule has 26 heavy (non-hydrogen) atoms. The Balaban J connectivity index is 1.42. The molecule has 1 aliphatic rings. The summed E-state index contributed by atoms with van der Waals surface area (Å²) in [5.74, 6) is 0.0625. The molecule has 4 heterocycles. The van der Waals surface area contributed by atoms with Gasteiger partial charge in [-0.3, -0.25) is 9.69 Å². The molecule has 1 fully saturated rings. The van der Waals surface area contributed by atoms with Crippen LogP contribution in [0.3, 0.4) is 0 Å². The van der Waals surface area contributed by atoms with Gasteiger partial charge in [-0.2, -0.15) is 5.10 Å². The molecule has 1 saturated heterocycles. The molecule has 1 aliphatic heterocycles. The van der Waals surface area contributed by atoms with E-state index in [1.54, 1.807) is 23.7 Å². The van der Waals surface area contributed by atoms with Crippen LogP contribution in [0.5, 0.6) is 0 Å². The Morgan fingerprint density at radius 2 is 2.04 bits per heavy atom. The van der Waals surface area contributed by atoms with E-state index in [-0.39, 0.29) is 11.9 Å². The summed E-state index contributed by atoms with van der Waals surface area (Å²) >= 11 is 1.79. The summed E-state index contributed by atoms with van der Waals surface area (Å²) in [5, 5.41) is 7.40. The SMILES string of the molecule is CC(C)n1ncc2cc(C(=O)N3CCN(Cc4cccs4)CC3)cnc21. The van der Waals surface area contributed by atoms with E-state index in [1.165, 1.54) is 4.88 Å². The maximum absolute atomic E-state index is 12.9. The van der Waals surface area contributed by atoms with Crippen LogP contribution in [0.25, 0.3) is 11.0 Å². The topological polar surface area (TPSA) is 54.3 Å². The molecule has 0 unspecified atom stereocenters. The molecule has 4 rings (SSSR count). The highest BCUT2D eigenvalue weighted by Crippen LogP contribution is 2.19. The second kappa shape index (κ2) is 7.17. The molecule has 0 radical (unpaired) electrons. The minimum Gasteiger partial charge on any atom is -0.336 e. The first-order chi connectivity index (χ1) is 12.6. The van der Waals surface area contributed by atoms with E-state index in [0.29, 0.717) is 5.56 Å². The van der Waals surface area contributed by atoms with Gasteiger partial charge in [0.2, 0.25) is 0 Å². The molecule has 0 N–H and O–H groups in total. The van der Waals surface area contributed by atoms with Crippen LogP contribution in [0.1, 0.15) is 35.1 Å². The van der Waals surface area contributed by atoms with E-state index in [9.17, 15) is 4.79 Å². The highest BCUT2D eigenvalue weighted by atomic mass is 32.1. The molecule has 136 valence electrons. The van der Waals surface area contributed by atoms with Crippen molar-refractivity contribution in [3.05, 3.63) is 46.4 Å². The third kappa shape index (κ3) is 3.37. The number of carbonyl (C=O) groups is 1.